The summed E-state index contributed by atoms with van der Waals surface area (Å²) < 4.78 is 5.62. The van der Waals surface area contributed by atoms with Crippen molar-refractivity contribution in [1.82, 2.24) is 14.7 Å². The molecule has 0 radical (unpaired) electrons. The van der Waals surface area contributed by atoms with Crippen molar-refractivity contribution in [2.75, 3.05) is 88.5 Å². The summed E-state index contributed by atoms with van der Waals surface area (Å²) in [5, 5.41) is 0. The van der Waals surface area contributed by atoms with Crippen LogP contribution in [0.1, 0.15) is 54.4 Å². The minimum atomic E-state index is 0.800. The molecule has 3 heterocycles. The highest BCUT2D eigenvalue weighted by Crippen LogP contribution is 2.39. The molecule has 192 valence electrons. The summed E-state index contributed by atoms with van der Waals surface area (Å²) >= 11 is 0. The van der Waals surface area contributed by atoms with Crippen LogP contribution in [0, 0.1) is 0 Å². The summed E-state index contributed by atoms with van der Waals surface area (Å²) in [6.07, 6.45) is 9.36. The van der Waals surface area contributed by atoms with Gasteiger partial charge in [0.15, 0.2) is 6.29 Å². The van der Waals surface area contributed by atoms with Crippen molar-refractivity contribution in [3.63, 3.8) is 0 Å². The van der Waals surface area contributed by atoms with Gasteiger partial charge in [-0.2, -0.15) is 0 Å². The van der Waals surface area contributed by atoms with Gasteiger partial charge in [0.2, 0.25) is 0 Å². The van der Waals surface area contributed by atoms with E-state index in [0.717, 1.165) is 109 Å². The lowest BCUT2D eigenvalue weighted by Gasteiger charge is -2.47. The highest BCUT2D eigenvalue weighted by Gasteiger charge is 2.33. The van der Waals surface area contributed by atoms with Gasteiger partial charge in [-0.3, -0.25) is 19.5 Å². The fourth-order valence-electron chi connectivity index (χ4n) is 6.67. The lowest BCUT2D eigenvalue weighted by atomic mass is 9.91. The average Bonchev–Trinajstić information content (AvgIpc) is 2.83. The number of hydrogen-bond donors (Lipinski definition) is 0. The van der Waals surface area contributed by atoms with Crippen molar-refractivity contribution >= 4 is 17.7 Å². The lowest BCUT2D eigenvalue weighted by Crippen LogP contribution is -2.54. The molecule has 35 heavy (non-hydrogen) atoms. The molecule has 2 aliphatic carbocycles. The van der Waals surface area contributed by atoms with Gasteiger partial charge in [0.05, 0.1) is 24.6 Å². The minimum absolute atomic E-state index is 0.800. The summed E-state index contributed by atoms with van der Waals surface area (Å²) in [6.45, 7) is 13.2. The fraction of sp³-hybridized carbons (Fsp3) is 0.750. The maximum Gasteiger partial charge on any atom is 0.152 e. The van der Waals surface area contributed by atoms with E-state index < -0.39 is 0 Å². The van der Waals surface area contributed by atoms with E-state index in [1.165, 1.54) is 55.5 Å². The molecule has 1 aromatic carbocycles. The molecule has 0 bridgehead atoms. The molecule has 0 atom stereocenters. The fourth-order valence-corrected chi connectivity index (χ4v) is 6.67. The Morgan fingerprint density at radius 1 is 0.714 bits per heavy atom. The molecule has 0 unspecified atom stereocenters. The number of aldehydes is 1. The zero-order chi connectivity index (χ0) is 23.6. The molecule has 0 spiro atoms. The maximum atomic E-state index is 12.3. The summed E-state index contributed by atoms with van der Waals surface area (Å²) in [5.41, 5.74) is 4.79. The number of carbonyl (C=O) groups excluding carboxylic acids is 1. The largest absolute Gasteiger partial charge is 0.379 e. The van der Waals surface area contributed by atoms with Crippen molar-refractivity contribution in [1.29, 1.82) is 0 Å². The van der Waals surface area contributed by atoms with Crippen LogP contribution in [-0.4, -0.2) is 112 Å². The maximum absolute atomic E-state index is 12.3. The molecule has 5 fully saturated rings. The minimum Gasteiger partial charge on any atom is -0.379 e. The van der Waals surface area contributed by atoms with Crippen LogP contribution in [0.5, 0.6) is 0 Å². The van der Waals surface area contributed by atoms with Crippen LogP contribution in [0.2, 0.25) is 0 Å². The molecular weight excluding hydrogens is 438 g/mol. The molecule has 5 aliphatic rings. The Labute approximate surface area is 211 Å². The highest BCUT2D eigenvalue weighted by molar-refractivity contribution is 5.93. The summed E-state index contributed by atoms with van der Waals surface area (Å²) in [7, 11) is 0. The summed E-state index contributed by atoms with van der Waals surface area (Å²) in [4.78, 5) is 25.4. The Kier molecular flexibility index (Phi) is 7.28. The van der Waals surface area contributed by atoms with E-state index in [1.54, 1.807) is 0 Å². The van der Waals surface area contributed by atoms with Gasteiger partial charge in [0.1, 0.15) is 0 Å². The van der Waals surface area contributed by atoms with Crippen LogP contribution in [0.4, 0.5) is 11.4 Å². The van der Waals surface area contributed by atoms with E-state index in [-0.39, 0.29) is 0 Å². The molecule has 3 aliphatic heterocycles. The zero-order valence-electron chi connectivity index (χ0n) is 21.4. The van der Waals surface area contributed by atoms with Crippen LogP contribution >= 0.6 is 0 Å². The molecular formula is C28H43N5O2. The van der Waals surface area contributed by atoms with Crippen LogP contribution in [-0.2, 0) is 11.3 Å². The Morgan fingerprint density at radius 3 is 1.74 bits per heavy atom. The molecule has 0 N–H and O–H groups in total. The Bertz CT molecular complexity index is 864. The average molecular weight is 482 g/mol. The first kappa shape index (κ1) is 23.7. The normalized spacial score (nSPS) is 25.9. The zero-order valence-corrected chi connectivity index (χ0v) is 21.4. The van der Waals surface area contributed by atoms with Crippen molar-refractivity contribution in [3.05, 3.63) is 23.3 Å². The first-order chi connectivity index (χ1) is 17.3. The van der Waals surface area contributed by atoms with Crippen molar-refractivity contribution in [3.8, 4) is 0 Å². The second-order valence-corrected chi connectivity index (χ2v) is 11.2. The first-order valence-corrected chi connectivity index (χ1v) is 14.2. The third-order valence-electron chi connectivity index (χ3n) is 9.33. The van der Waals surface area contributed by atoms with Crippen molar-refractivity contribution in [2.24, 2.45) is 0 Å². The summed E-state index contributed by atoms with van der Waals surface area (Å²) in [6, 6.07) is 5.94. The molecule has 6 rings (SSSR count). The Morgan fingerprint density at radius 2 is 1.26 bits per heavy atom. The van der Waals surface area contributed by atoms with E-state index in [2.05, 4.69) is 36.6 Å². The predicted octanol–water partition coefficient (Wildman–Crippen LogP) is 2.68. The van der Waals surface area contributed by atoms with Gasteiger partial charge in [-0.05, 0) is 37.3 Å². The van der Waals surface area contributed by atoms with E-state index in [4.69, 9.17) is 4.74 Å². The number of piperazine rings is 2. The molecule has 0 aromatic heterocycles. The van der Waals surface area contributed by atoms with Crippen LogP contribution in [0.25, 0.3) is 0 Å². The number of nitrogens with zero attached hydrogens (tertiary/aromatic N) is 5. The van der Waals surface area contributed by atoms with Gasteiger partial charge < -0.3 is 14.5 Å². The molecule has 0 amide bonds. The molecule has 7 heteroatoms. The standard InChI is InChI=1S/C28H43N5O2/c34-22-24-8-7-23(21-29-17-19-35-20-18-29)27(32-13-9-30(10-14-32)25-3-1-4-25)28(24)33-15-11-31(12-16-33)26-5-2-6-26/h7-8,22,25-26H,1-6,9-21H2. The van der Waals surface area contributed by atoms with E-state index >= 15 is 0 Å². The number of carbonyl (C=O) groups is 1. The Balaban J connectivity index is 1.27. The number of hydrogen-bond acceptors (Lipinski definition) is 7. The first-order valence-electron chi connectivity index (χ1n) is 14.2. The molecule has 7 nitrogen and oxygen atoms in total. The molecule has 1 aromatic rings. The number of benzene rings is 1. The van der Waals surface area contributed by atoms with Gasteiger partial charge in [0.25, 0.3) is 0 Å². The van der Waals surface area contributed by atoms with E-state index in [9.17, 15) is 4.79 Å². The molecule has 3 saturated heterocycles. The smallest absolute Gasteiger partial charge is 0.152 e. The van der Waals surface area contributed by atoms with Gasteiger partial charge in [-0.1, -0.05) is 18.9 Å². The van der Waals surface area contributed by atoms with E-state index in [0.29, 0.717) is 0 Å². The van der Waals surface area contributed by atoms with Gasteiger partial charge in [-0.25, -0.2) is 0 Å². The number of rotatable bonds is 7. The van der Waals surface area contributed by atoms with Crippen LogP contribution in [0.3, 0.4) is 0 Å². The van der Waals surface area contributed by atoms with Gasteiger partial charge in [-0.15, -0.1) is 0 Å². The topological polar surface area (TPSA) is 42.5 Å². The van der Waals surface area contributed by atoms with Crippen LogP contribution < -0.4 is 9.80 Å². The van der Waals surface area contributed by atoms with Crippen molar-refractivity contribution < 1.29 is 9.53 Å². The number of anilines is 2. The Hall–Kier alpha value is -1.67. The predicted molar refractivity (Wildman–Crippen MR) is 141 cm³/mol. The van der Waals surface area contributed by atoms with E-state index in [1.807, 2.05) is 0 Å². The quantitative estimate of drug-likeness (QED) is 0.555. The number of morpholine rings is 1. The second kappa shape index (κ2) is 10.8. The second-order valence-electron chi connectivity index (χ2n) is 11.2. The molecule has 2 saturated carbocycles. The highest BCUT2D eigenvalue weighted by atomic mass is 16.5. The number of ether oxygens (including phenoxy) is 1. The third-order valence-corrected chi connectivity index (χ3v) is 9.33. The van der Waals surface area contributed by atoms with Gasteiger partial charge in [0, 0.05) is 89.6 Å². The SMILES string of the molecule is O=Cc1ccc(CN2CCOCC2)c(N2CCN(C3CCC3)CC2)c1N1CCN(C2CCC2)CC1. The van der Waals surface area contributed by atoms with Gasteiger partial charge >= 0.3 is 0 Å². The van der Waals surface area contributed by atoms with Crippen LogP contribution in [0.15, 0.2) is 12.1 Å². The lowest BCUT2D eigenvalue weighted by molar-refractivity contribution is 0.0342. The summed E-state index contributed by atoms with van der Waals surface area (Å²) in [5.74, 6) is 0. The van der Waals surface area contributed by atoms with Crippen molar-refractivity contribution in [2.45, 2.75) is 57.2 Å². The third kappa shape index (κ3) is 4.97. The monoisotopic (exact) mass is 481 g/mol.